The molecule has 0 aromatic rings. The van der Waals surface area contributed by atoms with Gasteiger partial charge in [-0.05, 0) is 24.7 Å². The molecule has 1 heterocycles. The molecule has 1 amide bonds. The van der Waals surface area contributed by atoms with Crippen LogP contribution in [0.25, 0.3) is 0 Å². The van der Waals surface area contributed by atoms with Crippen LogP contribution in [-0.2, 0) is 4.79 Å². The van der Waals surface area contributed by atoms with Crippen molar-refractivity contribution in [3.63, 3.8) is 0 Å². The molecule has 1 aliphatic carbocycles. The highest BCUT2D eigenvalue weighted by Gasteiger charge is 2.34. The van der Waals surface area contributed by atoms with E-state index >= 15 is 0 Å². The van der Waals surface area contributed by atoms with Gasteiger partial charge in [-0.1, -0.05) is 6.92 Å². The quantitative estimate of drug-likeness (QED) is 0.689. The molecule has 0 aromatic heterocycles. The number of amides is 1. The number of likely N-dealkylation sites (tertiary alicyclic amines) is 1. The Bertz CT molecular complexity index is 205. The lowest BCUT2D eigenvalue weighted by Gasteiger charge is -2.43. The van der Waals surface area contributed by atoms with E-state index in [9.17, 15) is 4.79 Å². The largest absolute Gasteiger partial charge is 0.369 e. The molecule has 1 saturated heterocycles. The molecule has 2 fully saturated rings. The molecule has 1 saturated carbocycles. The fourth-order valence-corrected chi connectivity index (χ4v) is 2.48. The topological polar surface area (TPSA) is 46.3 Å². The molecular weight excluding hydrogens is 164 g/mol. The van der Waals surface area contributed by atoms with Crippen LogP contribution in [0.2, 0.25) is 0 Å². The van der Waals surface area contributed by atoms with E-state index < -0.39 is 0 Å². The summed E-state index contributed by atoms with van der Waals surface area (Å²) in [5.74, 6) is 1.83. The molecule has 0 aromatic carbocycles. The van der Waals surface area contributed by atoms with E-state index in [1.165, 1.54) is 19.4 Å². The maximum atomic E-state index is 10.7. The molecule has 0 atom stereocenters. The summed E-state index contributed by atoms with van der Waals surface area (Å²) in [5.41, 5.74) is 5.19. The van der Waals surface area contributed by atoms with Crippen molar-refractivity contribution in [2.24, 2.45) is 23.5 Å². The van der Waals surface area contributed by atoms with Crippen molar-refractivity contribution in [3.05, 3.63) is 0 Å². The molecule has 3 heteroatoms. The van der Waals surface area contributed by atoms with E-state index in [4.69, 9.17) is 5.73 Å². The Morgan fingerprint density at radius 3 is 2.54 bits per heavy atom. The average Bonchev–Trinajstić information content (AvgIpc) is 1.90. The van der Waals surface area contributed by atoms with Gasteiger partial charge >= 0.3 is 0 Å². The van der Waals surface area contributed by atoms with E-state index in [-0.39, 0.29) is 11.8 Å². The molecule has 0 unspecified atom stereocenters. The third-order valence-corrected chi connectivity index (χ3v) is 3.35. The number of nitrogens with zero attached hydrogens (tertiary/aromatic N) is 1. The lowest BCUT2D eigenvalue weighted by Crippen LogP contribution is -2.54. The Morgan fingerprint density at radius 1 is 1.46 bits per heavy atom. The summed E-state index contributed by atoms with van der Waals surface area (Å²) in [6.45, 7) is 5.30. The Morgan fingerprint density at radius 2 is 2.08 bits per heavy atom. The van der Waals surface area contributed by atoms with E-state index in [0.717, 1.165) is 24.9 Å². The molecule has 0 bridgehead atoms. The van der Waals surface area contributed by atoms with Crippen molar-refractivity contribution < 1.29 is 4.79 Å². The first-order chi connectivity index (χ1) is 6.15. The molecule has 0 spiro atoms. The predicted octanol–water partition coefficient (Wildman–Crippen LogP) is 0.450. The summed E-state index contributed by atoms with van der Waals surface area (Å²) in [7, 11) is 0. The zero-order valence-electron chi connectivity index (χ0n) is 8.20. The number of nitrogens with two attached hydrogens (primary N) is 1. The monoisotopic (exact) mass is 182 g/mol. The zero-order valence-corrected chi connectivity index (χ0v) is 8.20. The highest BCUT2D eigenvalue weighted by Crippen LogP contribution is 2.34. The number of carbonyl (C=O) groups is 1. The van der Waals surface area contributed by atoms with Gasteiger partial charge in [0.05, 0.1) is 5.92 Å². The lowest BCUT2D eigenvalue weighted by molar-refractivity contribution is -0.127. The maximum Gasteiger partial charge on any atom is 0.223 e. The van der Waals surface area contributed by atoms with Crippen LogP contribution in [0.3, 0.4) is 0 Å². The summed E-state index contributed by atoms with van der Waals surface area (Å²) in [6.07, 6.45) is 2.75. The molecule has 13 heavy (non-hydrogen) atoms. The van der Waals surface area contributed by atoms with Gasteiger partial charge in [-0.15, -0.1) is 0 Å². The van der Waals surface area contributed by atoms with Crippen molar-refractivity contribution in [1.29, 1.82) is 0 Å². The van der Waals surface area contributed by atoms with Gasteiger partial charge in [0.25, 0.3) is 0 Å². The summed E-state index contributed by atoms with van der Waals surface area (Å²) >= 11 is 0. The van der Waals surface area contributed by atoms with Gasteiger partial charge in [-0.25, -0.2) is 0 Å². The standard InChI is InChI=1S/C10H18N2O/c1-7-2-8(3-7)4-12-5-9(6-12)10(11)13/h7-9H,2-6H2,1H3,(H2,11,13). The van der Waals surface area contributed by atoms with Crippen molar-refractivity contribution in [1.82, 2.24) is 4.90 Å². The Labute approximate surface area is 79.3 Å². The van der Waals surface area contributed by atoms with Gasteiger partial charge in [0, 0.05) is 19.6 Å². The van der Waals surface area contributed by atoms with Gasteiger partial charge in [0.2, 0.25) is 5.91 Å². The first kappa shape index (κ1) is 9.00. The highest BCUT2D eigenvalue weighted by molar-refractivity contribution is 5.78. The van der Waals surface area contributed by atoms with Crippen LogP contribution in [0.1, 0.15) is 19.8 Å². The smallest absolute Gasteiger partial charge is 0.223 e. The minimum Gasteiger partial charge on any atom is -0.369 e. The zero-order chi connectivity index (χ0) is 9.42. The summed E-state index contributed by atoms with van der Waals surface area (Å²) in [5, 5.41) is 0. The first-order valence-corrected chi connectivity index (χ1v) is 5.17. The summed E-state index contributed by atoms with van der Waals surface area (Å²) in [4.78, 5) is 13.1. The van der Waals surface area contributed by atoms with Crippen molar-refractivity contribution >= 4 is 5.91 Å². The second-order valence-electron chi connectivity index (χ2n) is 4.76. The van der Waals surface area contributed by atoms with Crippen LogP contribution in [0.15, 0.2) is 0 Å². The van der Waals surface area contributed by atoms with Crippen LogP contribution >= 0.6 is 0 Å². The van der Waals surface area contributed by atoms with Gasteiger partial charge < -0.3 is 10.6 Å². The third kappa shape index (κ3) is 1.85. The van der Waals surface area contributed by atoms with E-state index in [2.05, 4.69) is 11.8 Å². The second kappa shape index (κ2) is 3.29. The van der Waals surface area contributed by atoms with Gasteiger partial charge in [-0.3, -0.25) is 4.79 Å². The van der Waals surface area contributed by atoms with Crippen LogP contribution in [-0.4, -0.2) is 30.4 Å². The molecule has 0 radical (unpaired) electrons. The van der Waals surface area contributed by atoms with Crippen LogP contribution in [0.4, 0.5) is 0 Å². The maximum absolute atomic E-state index is 10.7. The van der Waals surface area contributed by atoms with Gasteiger partial charge in [-0.2, -0.15) is 0 Å². The predicted molar refractivity (Wildman–Crippen MR) is 51.0 cm³/mol. The Hall–Kier alpha value is -0.570. The number of hydrogen-bond donors (Lipinski definition) is 1. The fraction of sp³-hybridized carbons (Fsp3) is 0.900. The Balaban J connectivity index is 1.62. The molecular formula is C10H18N2O. The summed E-state index contributed by atoms with van der Waals surface area (Å²) in [6, 6.07) is 0. The third-order valence-electron chi connectivity index (χ3n) is 3.35. The van der Waals surface area contributed by atoms with Crippen molar-refractivity contribution in [2.45, 2.75) is 19.8 Å². The number of hydrogen-bond acceptors (Lipinski definition) is 2. The molecule has 2 N–H and O–H groups in total. The van der Waals surface area contributed by atoms with Gasteiger partial charge in [0.15, 0.2) is 0 Å². The highest BCUT2D eigenvalue weighted by atomic mass is 16.1. The number of carbonyl (C=O) groups excluding carboxylic acids is 1. The second-order valence-corrected chi connectivity index (χ2v) is 4.76. The Kier molecular flexibility index (Phi) is 2.28. The minimum atomic E-state index is -0.127. The summed E-state index contributed by atoms with van der Waals surface area (Å²) < 4.78 is 0. The van der Waals surface area contributed by atoms with E-state index in [1.807, 2.05) is 0 Å². The molecule has 3 nitrogen and oxygen atoms in total. The van der Waals surface area contributed by atoms with E-state index in [1.54, 1.807) is 0 Å². The van der Waals surface area contributed by atoms with Crippen molar-refractivity contribution in [2.75, 3.05) is 19.6 Å². The van der Waals surface area contributed by atoms with Crippen LogP contribution in [0.5, 0.6) is 0 Å². The van der Waals surface area contributed by atoms with Crippen LogP contribution < -0.4 is 5.73 Å². The number of rotatable bonds is 3. The van der Waals surface area contributed by atoms with Gasteiger partial charge in [0.1, 0.15) is 0 Å². The fourth-order valence-electron chi connectivity index (χ4n) is 2.48. The normalized spacial score (nSPS) is 35.2. The minimum absolute atomic E-state index is 0.127. The molecule has 2 rings (SSSR count). The molecule has 1 aliphatic heterocycles. The first-order valence-electron chi connectivity index (χ1n) is 5.17. The molecule has 2 aliphatic rings. The van der Waals surface area contributed by atoms with Crippen molar-refractivity contribution in [3.8, 4) is 0 Å². The van der Waals surface area contributed by atoms with E-state index in [0.29, 0.717) is 0 Å². The lowest BCUT2D eigenvalue weighted by atomic mass is 9.75. The van der Waals surface area contributed by atoms with Crippen LogP contribution in [0, 0.1) is 17.8 Å². The SMILES string of the molecule is CC1CC(CN2CC(C(N)=O)C2)C1. The average molecular weight is 182 g/mol. The number of primary amides is 1. The molecule has 74 valence electrons.